The van der Waals surface area contributed by atoms with E-state index in [1.807, 2.05) is 19.0 Å². The van der Waals surface area contributed by atoms with E-state index in [0.717, 1.165) is 13.1 Å². The third kappa shape index (κ3) is 7.75. The molecule has 0 amide bonds. The largest absolute Gasteiger partial charge is 0.318 e. The van der Waals surface area contributed by atoms with E-state index in [1.54, 1.807) is 13.8 Å². The molecule has 0 saturated heterocycles. The van der Waals surface area contributed by atoms with Crippen LogP contribution in [0.25, 0.3) is 0 Å². The Kier molecular flexibility index (Phi) is 4.61. The van der Waals surface area contributed by atoms with E-state index in [-0.39, 0.29) is 0 Å². The molecular formula is C8H19FN2. The van der Waals surface area contributed by atoms with Gasteiger partial charge < -0.3 is 10.2 Å². The molecule has 0 fully saturated rings. The van der Waals surface area contributed by atoms with Gasteiger partial charge >= 0.3 is 0 Å². The summed E-state index contributed by atoms with van der Waals surface area (Å²) in [7, 11) is 3.83. The molecule has 0 unspecified atom stereocenters. The van der Waals surface area contributed by atoms with Gasteiger partial charge in [0, 0.05) is 19.6 Å². The van der Waals surface area contributed by atoms with Crippen molar-refractivity contribution < 1.29 is 4.39 Å². The van der Waals surface area contributed by atoms with Crippen molar-refractivity contribution >= 4 is 0 Å². The molecular weight excluding hydrogens is 143 g/mol. The van der Waals surface area contributed by atoms with Gasteiger partial charge in [-0.05, 0) is 27.9 Å². The third-order valence-corrected chi connectivity index (χ3v) is 1.39. The maximum Gasteiger partial charge on any atom is 0.118 e. The number of halogens is 1. The number of nitrogens with zero attached hydrogens (tertiary/aromatic N) is 1. The van der Waals surface area contributed by atoms with E-state index >= 15 is 0 Å². The molecule has 0 aliphatic rings. The van der Waals surface area contributed by atoms with Gasteiger partial charge in [0.05, 0.1) is 0 Å². The van der Waals surface area contributed by atoms with E-state index in [2.05, 4.69) is 5.32 Å². The zero-order valence-corrected chi connectivity index (χ0v) is 7.95. The number of alkyl halides is 1. The van der Waals surface area contributed by atoms with Crippen LogP contribution in [0.5, 0.6) is 0 Å². The third-order valence-electron chi connectivity index (χ3n) is 1.39. The van der Waals surface area contributed by atoms with E-state index in [1.165, 1.54) is 0 Å². The van der Waals surface area contributed by atoms with Crippen LogP contribution in [-0.4, -0.2) is 44.3 Å². The van der Waals surface area contributed by atoms with Crippen molar-refractivity contribution in [2.45, 2.75) is 19.5 Å². The number of nitrogens with one attached hydrogen (secondary N) is 1. The Hall–Kier alpha value is -0.150. The van der Waals surface area contributed by atoms with Crippen LogP contribution in [0.15, 0.2) is 0 Å². The number of rotatable bonds is 5. The molecule has 11 heavy (non-hydrogen) atoms. The highest BCUT2D eigenvalue weighted by Crippen LogP contribution is 2.08. The Bertz CT molecular complexity index is 98.8. The lowest BCUT2D eigenvalue weighted by Crippen LogP contribution is -2.36. The maximum atomic E-state index is 13.0. The number of hydrogen-bond acceptors (Lipinski definition) is 2. The minimum absolute atomic E-state index is 0.495. The summed E-state index contributed by atoms with van der Waals surface area (Å²) < 4.78 is 13.0. The van der Waals surface area contributed by atoms with Crippen LogP contribution in [0.3, 0.4) is 0 Å². The summed E-state index contributed by atoms with van der Waals surface area (Å²) >= 11 is 0. The molecule has 0 bridgehead atoms. The van der Waals surface area contributed by atoms with Crippen molar-refractivity contribution in [1.29, 1.82) is 0 Å². The molecule has 2 nitrogen and oxygen atoms in total. The van der Waals surface area contributed by atoms with Crippen LogP contribution in [0, 0.1) is 0 Å². The second-order valence-corrected chi connectivity index (χ2v) is 3.56. The van der Waals surface area contributed by atoms with Gasteiger partial charge in [-0.25, -0.2) is 4.39 Å². The van der Waals surface area contributed by atoms with Crippen molar-refractivity contribution in [2.75, 3.05) is 33.7 Å². The summed E-state index contributed by atoms with van der Waals surface area (Å²) in [6.45, 7) is 5.50. The monoisotopic (exact) mass is 162 g/mol. The van der Waals surface area contributed by atoms with Crippen molar-refractivity contribution in [3.05, 3.63) is 0 Å². The highest BCUT2D eigenvalue weighted by atomic mass is 19.1. The second-order valence-electron chi connectivity index (χ2n) is 3.56. The van der Waals surface area contributed by atoms with Gasteiger partial charge in [0.1, 0.15) is 5.67 Å². The summed E-state index contributed by atoms with van der Waals surface area (Å²) in [5, 5.41) is 3.02. The smallest absolute Gasteiger partial charge is 0.118 e. The molecule has 0 rings (SSSR count). The summed E-state index contributed by atoms with van der Waals surface area (Å²) in [6, 6.07) is 0. The fourth-order valence-electron chi connectivity index (χ4n) is 1.02. The molecule has 0 spiro atoms. The zero-order chi connectivity index (χ0) is 8.91. The van der Waals surface area contributed by atoms with Gasteiger partial charge in [-0.3, -0.25) is 0 Å². The predicted octanol–water partition coefficient (Wildman–Crippen LogP) is 0.886. The molecule has 0 radical (unpaired) electrons. The Labute approximate surface area is 68.8 Å². The van der Waals surface area contributed by atoms with Gasteiger partial charge in [-0.15, -0.1) is 0 Å². The van der Waals surface area contributed by atoms with E-state index in [0.29, 0.717) is 6.54 Å². The van der Waals surface area contributed by atoms with Gasteiger partial charge in [0.2, 0.25) is 0 Å². The lowest BCUT2D eigenvalue weighted by Gasteiger charge is -2.23. The SMILES string of the molecule is CNCCN(C)CC(C)(C)F. The molecule has 1 N–H and O–H groups in total. The Balaban J connectivity index is 3.44. The van der Waals surface area contributed by atoms with Crippen LogP contribution >= 0.6 is 0 Å². The summed E-state index contributed by atoms with van der Waals surface area (Å²) in [6.07, 6.45) is 0. The van der Waals surface area contributed by atoms with E-state index in [4.69, 9.17) is 0 Å². The van der Waals surface area contributed by atoms with E-state index in [9.17, 15) is 4.39 Å². The van der Waals surface area contributed by atoms with Crippen LogP contribution in [0.1, 0.15) is 13.8 Å². The molecule has 0 aromatic heterocycles. The molecule has 0 heterocycles. The van der Waals surface area contributed by atoms with Crippen molar-refractivity contribution in [1.82, 2.24) is 10.2 Å². The molecule has 0 aromatic rings. The minimum atomic E-state index is -1.08. The van der Waals surface area contributed by atoms with Crippen LogP contribution in [-0.2, 0) is 0 Å². The van der Waals surface area contributed by atoms with Gasteiger partial charge in [0.15, 0.2) is 0 Å². The molecule has 3 heteroatoms. The fraction of sp³-hybridized carbons (Fsp3) is 1.00. The quantitative estimate of drug-likeness (QED) is 0.645. The average Bonchev–Trinajstić information content (AvgIpc) is 1.79. The average molecular weight is 162 g/mol. The predicted molar refractivity (Wildman–Crippen MR) is 46.6 cm³/mol. The molecule has 0 aromatic carbocycles. The first-order valence-corrected chi connectivity index (χ1v) is 3.98. The molecule has 68 valence electrons. The first kappa shape index (κ1) is 10.8. The normalized spacial score (nSPS) is 12.5. The molecule has 0 saturated carbocycles. The van der Waals surface area contributed by atoms with Gasteiger partial charge in [-0.1, -0.05) is 0 Å². The van der Waals surface area contributed by atoms with Crippen molar-refractivity contribution in [3.63, 3.8) is 0 Å². The maximum absolute atomic E-state index is 13.0. The molecule has 0 atom stereocenters. The first-order chi connectivity index (χ1) is 4.95. The first-order valence-electron chi connectivity index (χ1n) is 3.98. The summed E-state index contributed by atoms with van der Waals surface area (Å²) in [4.78, 5) is 1.98. The lowest BCUT2D eigenvalue weighted by atomic mass is 10.1. The highest BCUT2D eigenvalue weighted by molar-refractivity contribution is 4.70. The summed E-state index contributed by atoms with van der Waals surface area (Å²) in [5.41, 5.74) is -1.08. The number of likely N-dealkylation sites (N-methyl/N-ethyl adjacent to an activating group) is 2. The van der Waals surface area contributed by atoms with E-state index < -0.39 is 5.67 Å². The fourth-order valence-corrected chi connectivity index (χ4v) is 1.02. The topological polar surface area (TPSA) is 15.3 Å². The number of hydrogen-bond donors (Lipinski definition) is 1. The standard InChI is InChI=1S/C8H19FN2/c1-8(2,9)7-11(4)6-5-10-3/h10H,5-7H2,1-4H3. The molecule has 0 aliphatic heterocycles. The van der Waals surface area contributed by atoms with Crippen molar-refractivity contribution in [3.8, 4) is 0 Å². The van der Waals surface area contributed by atoms with Gasteiger partial charge in [0.25, 0.3) is 0 Å². The lowest BCUT2D eigenvalue weighted by molar-refractivity contribution is 0.144. The highest BCUT2D eigenvalue weighted by Gasteiger charge is 2.17. The Morgan fingerprint density at radius 2 is 2.00 bits per heavy atom. The van der Waals surface area contributed by atoms with Gasteiger partial charge in [-0.2, -0.15) is 0 Å². The zero-order valence-electron chi connectivity index (χ0n) is 7.95. The summed E-state index contributed by atoms with van der Waals surface area (Å²) in [5.74, 6) is 0. The second kappa shape index (κ2) is 4.67. The molecule has 0 aliphatic carbocycles. The Morgan fingerprint density at radius 1 is 1.45 bits per heavy atom. The Morgan fingerprint density at radius 3 is 2.36 bits per heavy atom. The van der Waals surface area contributed by atoms with Crippen LogP contribution in [0.4, 0.5) is 4.39 Å². The van der Waals surface area contributed by atoms with Crippen molar-refractivity contribution in [2.24, 2.45) is 0 Å². The minimum Gasteiger partial charge on any atom is -0.318 e. The van der Waals surface area contributed by atoms with Crippen LogP contribution in [0.2, 0.25) is 0 Å². The van der Waals surface area contributed by atoms with Crippen LogP contribution < -0.4 is 5.32 Å².